The van der Waals surface area contributed by atoms with Crippen LogP contribution in [0.1, 0.15) is 41.5 Å². The second kappa shape index (κ2) is 9.15. The first-order valence-electron chi connectivity index (χ1n) is 9.35. The van der Waals surface area contributed by atoms with Gasteiger partial charge in [-0.25, -0.2) is 5.43 Å². The SMILES string of the molecule is Cc1cc(/C=N\NC(=O)CC[C@H](O)c2ccccc2)c(C)n1-c1ccccc1. The van der Waals surface area contributed by atoms with Gasteiger partial charge in [-0.15, -0.1) is 0 Å². The zero-order valence-corrected chi connectivity index (χ0v) is 16.2. The Morgan fingerprint density at radius 2 is 1.75 bits per heavy atom. The molecule has 5 nitrogen and oxygen atoms in total. The van der Waals surface area contributed by atoms with E-state index in [-0.39, 0.29) is 12.3 Å². The average molecular weight is 375 g/mol. The summed E-state index contributed by atoms with van der Waals surface area (Å²) in [6.07, 6.45) is 1.57. The molecule has 0 bridgehead atoms. The number of carbonyl (C=O) groups excluding carboxylic acids is 1. The Morgan fingerprint density at radius 3 is 2.43 bits per heavy atom. The van der Waals surface area contributed by atoms with E-state index in [0.29, 0.717) is 6.42 Å². The van der Waals surface area contributed by atoms with Crippen molar-refractivity contribution in [1.82, 2.24) is 9.99 Å². The number of hydrazone groups is 1. The fourth-order valence-corrected chi connectivity index (χ4v) is 3.23. The summed E-state index contributed by atoms with van der Waals surface area (Å²) in [5, 5.41) is 14.2. The van der Waals surface area contributed by atoms with E-state index in [1.54, 1.807) is 6.21 Å². The van der Waals surface area contributed by atoms with E-state index in [1.807, 2.05) is 68.4 Å². The second-order valence-corrected chi connectivity index (χ2v) is 6.76. The summed E-state index contributed by atoms with van der Waals surface area (Å²) in [5.41, 5.74) is 7.56. The summed E-state index contributed by atoms with van der Waals surface area (Å²) in [6.45, 7) is 4.07. The number of benzene rings is 2. The molecule has 0 aliphatic heterocycles. The number of nitrogens with one attached hydrogen (secondary N) is 1. The highest BCUT2D eigenvalue weighted by Crippen LogP contribution is 2.19. The normalized spacial score (nSPS) is 12.2. The molecule has 0 unspecified atom stereocenters. The van der Waals surface area contributed by atoms with Gasteiger partial charge in [-0.1, -0.05) is 48.5 Å². The molecular weight excluding hydrogens is 350 g/mol. The predicted octanol–water partition coefficient (Wildman–Crippen LogP) is 4.06. The van der Waals surface area contributed by atoms with E-state index in [2.05, 4.69) is 27.2 Å². The summed E-state index contributed by atoms with van der Waals surface area (Å²) in [7, 11) is 0. The van der Waals surface area contributed by atoms with Crippen molar-refractivity contribution in [3.8, 4) is 5.69 Å². The maximum absolute atomic E-state index is 12.0. The summed E-state index contributed by atoms with van der Waals surface area (Å²) < 4.78 is 2.15. The highest BCUT2D eigenvalue weighted by molar-refractivity contribution is 5.84. The first kappa shape index (κ1) is 19.6. The van der Waals surface area contributed by atoms with Crippen LogP contribution < -0.4 is 5.43 Å². The van der Waals surface area contributed by atoms with Crippen molar-refractivity contribution < 1.29 is 9.90 Å². The molecular formula is C23H25N3O2. The Bertz CT molecular complexity index is 947. The van der Waals surface area contributed by atoms with Gasteiger partial charge in [-0.2, -0.15) is 5.10 Å². The molecule has 0 saturated heterocycles. The second-order valence-electron chi connectivity index (χ2n) is 6.76. The average Bonchev–Trinajstić information content (AvgIpc) is 3.00. The molecule has 5 heteroatoms. The highest BCUT2D eigenvalue weighted by Gasteiger charge is 2.11. The monoisotopic (exact) mass is 375 g/mol. The lowest BCUT2D eigenvalue weighted by Gasteiger charge is -2.09. The molecule has 1 amide bonds. The van der Waals surface area contributed by atoms with Crippen molar-refractivity contribution in [1.29, 1.82) is 0 Å². The van der Waals surface area contributed by atoms with Crippen LogP contribution in [0.2, 0.25) is 0 Å². The number of aliphatic hydroxyl groups excluding tert-OH is 1. The van der Waals surface area contributed by atoms with E-state index in [0.717, 1.165) is 28.2 Å². The van der Waals surface area contributed by atoms with Crippen molar-refractivity contribution in [2.24, 2.45) is 5.10 Å². The minimum atomic E-state index is -0.652. The van der Waals surface area contributed by atoms with Crippen LogP contribution in [-0.4, -0.2) is 21.8 Å². The van der Waals surface area contributed by atoms with Gasteiger partial charge in [0, 0.05) is 29.1 Å². The number of aryl methyl sites for hydroxylation is 1. The van der Waals surface area contributed by atoms with E-state index in [1.165, 1.54) is 0 Å². The first-order chi connectivity index (χ1) is 13.6. The largest absolute Gasteiger partial charge is 0.388 e. The van der Waals surface area contributed by atoms with Gasteiger partial charge in [0.25, 0.3) is 0 Å². The Labute approximate surface area is 165 Å². The molecule has 144 valence electrons. The fraction of sp³-hybridized carbons (Fsp3) is 0.217. The number of aromatic nitrogens is 1. The number of nitrogens with zero attached hydrogens (tertiary/aromatic N) is 2. The molecule has 0 saturated carbocycles. The van der Waals surface area contributed by atoms with Crippen LogP contribution in [0.15, 0.2) is 71.8 Å². The van der Waals surface area contributed by atoms with Gasteiger partial charge in [0.15, 0.2) is 0 Å². The standard InChI is InChI=1S/C23H25N3O2/c1-17-15-20(18(2)26(17)21-11-7-4-8-12-21)16-24-25-23(28)14-13-22(27)19-9-5-3-6-10-19/h3-12,15-16,22,27H,13-14H2,1-2H3,(H,25,28)/b24-16-/t22-/m0/s1. The Morgan fingerprint density at radius 1 is 1.11 bits per heavy atom. The molecule has 1 atom stereocenters. The van der Waals surface area contributed by atoms with Crippen LogP contribution in [-0.2, 0) is 4.79 Å². The van der Waals surface area contributed by atoms with Crippen LogP contribution in [0.5, 0.6) is 0 Å². The molecule has 0 radical (unpaired) electrons. The maximum atomic E-state index is 12.0. The number of hydrogen-bond donors (Lipinski definition) is 2. The van der Waals surface area contributed by atoms with Gasteiger partial charge < -0.3 is 9.67 Å². The number of aliphatic hydroxyl groups is 1. The summed E-state index contributed by atoms with van der Waals surface area (Å²) in [6, 6.07) is 21.5. The van der Waals surface area contributed by atoms with Crippen molar-refractivity contribution in [3.05, 3.63) is 89.2 Å². The Hall–Kier alpha value is -3.18. The molecule has 0 fully saturated rings. The summed E-state index contributed by atoms with van der Waals surface area (Å²) >= 11 is 0. The zero-order valence-electron chi connectivity index (χ0n) is 16.2. The van der Waals surface area contributed by atoms with Crippen LogP contribution in [0, 0.1) is 13.8 Å². The van der Waals surface area contributed by atoms with Gasteiger partial charge in [0.1, 0.15) is 0 Å². The molecule has 0 aliphatic carbocycles. The van der Waals surface area contributed by atoms with Crippen LogP contribution in [0.4, 0.5) is 0 Å². The van der Waals surface area contributed by atoms with Gasteiger partial charge in [0.05, 0.1) is 12.3 Å². The highest BCUT2D eigenvalue weighted by atomic mass is 16.3. The predicted molar refractivity (Wildman–Crippen MR) is 112 cm³/mol. The zero-order chi connectivity index (χ0) is 19.9. The first-order valence-corrected chi connectivity index (χ1v) is 9.35. The van der Waals surface area contributed by atoms with Gasteiger partial charge in [-0.3, -0.25) is 4.79 Å². The van der Waals surface area contributed by atoms with Crippen LogP contribution >= 0.6 is 0 Å². The lowest BCUT2D eigenvalue weighted by molar-refractivity contribution is -0.121. The molecule has 28 heavy (non-hydrogen) atoms. The minimum absolute atomic E-state index is 0.205. The molecule has 3 aromatic rings. The maximum Gasteiger partial charge on any atom is 0.240 e. The van der Waals surface area contributed by atoms with Crippen LogP contribution in [0.3, 0.4) is 0 Å². The third-order valence-electron chi connectivity index (χ3n) is 4.71. The molecule has 2 N–H and O–H groups in total. The number of carbonyl (C=O) groups is 1. The minimum Gasteiger partial charge on any atom is -0.388 e. The smallest absolute Gasteiger partial charge is 0.240 e. The fourth-order valence-electron chi connectivity index (χ4n) is 3.23. The number of para-hydroxylation sites is 1. The summed E-state index contributed by atoms with van der Waals surface area (Å²) in [4.78, 5) is 12.0. The van der Waals surface area contributed by atoms with Gasteiger partial charge in [0.2, 0.25) is 5.91 Å². The van der Waals surface area contributed by atoms with E-state index in [9.17, 15) is 9.90 Å². The molecule has 0 aliphatic rings. The van der Waals surface area contributed by atoms with Crippen LogP contribution in [0.25, 0.3) is 5.69 Å². The van der Waals surface area contributed by atoms with Crippen molar-refractivity contribution in [2.45, 2.75) is 32.8 Å². The lowest BCUT2D eigenvalue weighted by atomic mass is 10.1. The van der Waals surface area contributed by atoms with E-state index >= 15 is 0 Å². The molecule has 0 spiro atoms. The quantitative estimate of drug-likeness (QED) is 0.483. The van der Waals surface area contributed by atoms with E-state index < -0.39 is 6.10 Å². The molecule has 1 heterocycles. The van der Waals surface area contributed by atoms with Crippen molar-refractivity contribution in [2.75, 3.05) is 0 Å². The molecule has 3 rings (SSSR count). The third-order valence-corrected chi connectivity index (χ3v) is 4.71. The molecule has 2 aromatic carbocycles. The number of amides is 1. The lowest BCUT2D eigenvalue weighted by Crippen LogP contribution is -2.18. The van der Waals surface area contributed by atoms with E-state index in [4.69, 9.17) is 0 Å². The number of rotatable bonds is 7. The Kier molecular flexibility index (Phi) is 6.40. The number of hydrogen-bond acceptors (Lipinski definition) is 3. The summed E-state index contributed by atoms with van der Waals surface area (Å²) in [5.74, 6) is -0.219. The van der Waals surface area contributed by atoms with Gasteiger partial charge in [-0.05, 0) is 44.0 Å². The molecule has 1 aromatic heterocycles. The van der Waals surface area contributed by atoms with Gasteiger partial charge >= 0.3 is 0 Å². The van der Waals surface area contributed by atoms with Crippen molar-refractivity contribution >= 4 is 12.1 Å². The topological polar surface area (TPSA) is 66.6 Å². The Balaban J connectivity index is 1.57. The third kappa shape index (κ3) is 4.75. The van der Waals surface area contributed by atoms with Crippen molar-refractivity contribution in [3.63, 3.8) is 0 Å².